The van der Waals surface area contributed by atoms with Crippen LogP contribution in [0.1, 0.15) is 12.5 Å². The van der Waals surface area contributed by atoms with E-state index >= 15 is 0 Å². The summed E-state index contributed by atoms with van der Waals surface area (Å²) in [7, 11) is 0. The standard InChI is InChI=1S/C23H22N4O4/c1-2-31-19(28)15-25-16-24-21-20(25)22(29)26(14-13-17-9-5-3-6-10-17)23(30)27(21)18-11-7-4-8-12-18/h3-12,16H,2,13-15H2,1H3. The second-order valence-corrected chi connectivity index (χ2v) is 7.00. The lowest BCUT2D eigenvalue weighted by atomic mass is 10.1. The normalized spacial score (nSPS) is 11.0. The van der Waals surface area contributed by atoms with Gasteiger partial charge in [-0.15, -0.1) is 0 Å². The van der Waals surface area contributed by atoms with Gasteiger partial charge in [-0.25, -0.2) is 14.3 Å². The summed E-state index contributed by atoms with van der Waals surface area (Å²) >= 11 is 0. The number of hydrogen-bond acceptors (Lipinski definition) is 5. The van der Waals surface area contributed by atoms with Gasteiger partial charge < -0.3 is 9.30 Å². The lowest BCUT2D eigenvalue weighted by Gasteiger charge is -2.12. The smallest absolute Gasteiger partial charge is 0.337 e. The first-order valence-electron chi connectivity index (χ1n) is 10.1. The van der Waals surface area contributed by atoms with Crippen LogP contribution in [0.3, 0.4) is 0 Å². The first kappa shape index (κ1) is 20.3. The number of aryl methyl sites for hydroxylation is 1. The van der Waals surface area contributed by atoms with Crippen molar-refractivity contribution in [3.8, 4) is 5.69 Å². The molecule has 31 heavy (non-hydrogen) atoms. The number of carbonyl (C=O) groups is 1. The lowest BCUT2D eigenvalue weighted by molar-refractivity contribution is -0.143. The average Bonchev–Trinajstić information content (AvgIpc) is 3.18. The Kier molecular flexibility index (Phi) is 5.79. The summed E-state index contributed by atoms with van der Waals surface area (Å²) in [4.78, 5) is 43.0. The van der Waals surface area contributed by atoms with Crippen LogP contribution in [0.2, 0.25) is 0 Å². The minimum absolute atomic E-state index is 0.161. The lowest BCUT2D eigenvalue weighted by Crippen LogP contribution is -2.40. The van der Waals surface area contributed by atoms with Gasteiger partial charge in [0.2, 0.25) is 0 Å². The molecule has 4 rings (SSSR count). The average molecular weight is 418 g/mol. The molecule has 0 unspecified atom stereocenters. The van der Waals surface area contributed by atoms with Crippen LogP contribution in [0.5, 0.6) is 0 Å². The molecule has 0 aliphatic rings. The quantitative estimate of drug-likeness (QED) is 0.429. The van der Waals surface area contributed by atoms with Crippen LogP contribution in [-0.2, 0) is 29.0 Å². The van der Waals surface area contributed by atoms with Crippen molar-refractivity contribution in [3.05, 3.63) is 93.4 Å². The van der Waals surface area contributed by atoms with E-state index in [2.05, 4.69) is 4.98 Å². The topological polar surface area (TPSA) is 88.1 Å². The number of carbonyl (C=O) groups excluding carboxylic acids is 1. The highest BCUT2D eigenvalue weighted by Gasteiger charge is 2.20. The molecular weight excluding hydrogens is 396 g/mol. The molecule has 158 valence electrons. The van der Waals surface area contributed by atoms with Crippen LogP contribution in [0.25, 0.3) is 16.9 Å². The van der Waals surface area contributed by atoms with E-state index in [1.807, 2.05) is 48.5 Å². The van der Waals surface area contributed by atoms with Gasteiger partial charge in [0.25, 0.3) is 5.56 Å². The van der Waals surface area contributed by atoms with Gasteiger partial charge in [-0.2, -0.15) is 0 Å². The van der Waals surface area contributed by atoms with Crippen LogP contribution < -0.4 is 11.2 Å². The molecule has 0 aliphatic carbocycles. The molecule has 8 heteroatoms. The Morgan fingerprint density at radius 3 is 2.35 bits per heavy atom. The number of rotatable bonds is 7. The highest BCUT2D eigenvalue weighted by atomic mass is 16.5. The second-order valence-electron chi connectivity index (χ2n) is 7.00. The number of imidazole rings is 1. The van der Waals surface area contributed by atoms with Crippen molar-refractivity contribution in [2.45, 2.75) is 26.4 Å². The van der Waals surface area contributed by atoms with Gasteiger partial charge in [0.05, 0.1) is 18.6 Å². The predicted molar refractivity (Wildman–Crippen MR) is 116 cm³/mol. The fourth-order valence-electron chi connectivity index (χ4n) is 3.54. The van der Waals surface area contributed by atoms with Crippen molar-refractivity contribution < 1.29 is 9.53 Å². The molecule has 0 radical (unpaired) electrons. The van der Waals surface area contributed by atoms with Crippen LogP contribution in [-0.4, -0.2) is 31.3 Å². The highest BCUT2D eigenvalue weighted by molar-refractivity contribution is 5.76. The molecule has 0 N–H and O–H groups in total. The Balaban J connectivity index is 1.88. The SMILES string of the molecule is CCOC(=O)Cn1cnc2c1c(=O)n(CCc1ccccc1)c(=O)n2-c1ccccc1. The van der Waals surface area contributed by atoms with Crippen molar-refractivity contribution in [3.63, 3.8) is 0 Å². The number of aromatic nitrogens is 4. The maximum absolute atomic E-state index is 13.3. The summed E-state index contributed by atoms with van der Waals surface area (Å²) in [6.07, 6.45) is 1.91. The first-order chi connectivity index (χ1) is 15.1. The van der Waals surface area contributed by atoms with E-state index in [0.717, 1.165) is 5.56 Å². The number of hydrogen-bond donors (Lipinski definition) is 0. The summed E-state index contributed by atoms with van der Waals surface area (Å²) in [6.45, 7) is 2.00. The van der Waals surface area contributed by atoms with Gasteiger partial charge in [-0.3, -0.25) is 14.2 Å². The third kappa shape index (κ3) is 4.05. The van der Waals surface area contributed by atoms with Crippen LogP contribution in [0, 0.1) is 0 Å². The molecule has 8 nitrogen and oxygen atoms in total. The van der Waals surface area contributed by atoms with Crippen LogP contribution in [0.15, 0.2) is 76.6 Å². The van der Waals surface area contributed by atoms with Crippen molar-refractivity contribution in [1.82, 2.24) is 18.7 Å². The van der Waals surface area contributed by atoms with E-state index in [9.17, 15) is 14.4 Å². The third-order valence-corrected chi connectivity index (χ3v) is 4.99. The molecule has 2 heterocycles. The molecule has 2 aromatic heterocycles. The van der Waals surface area contributed by atoms with Gasteiger partial charge in [0.15, 0.2) is 11.2 Å². The van der Waals surface area contributed by atoms with E-state index in [1.165, 1.54) is 20.0 Å². The number of ether oxygens (including phenoxy) is 1. The Morgan fingerprint density at radius 1 is 1.00 bits per heavy atom. The van der Waals surface area contributed by atoms with Crippen molar-refractivity contribution in [1.29, 1.82) is 0 Å². The van der Waals surface area contributed by atoms with Crippen molar-refractivity contribution in [2.75, 3.05) is 6.61 Å². The van der Waals surface area contributed by atoms with Gasteiger partial charge in [-0.1, -0.05) is 48.5 Å². The number of esters is 1. The van der Waals surface area contributed by atoms with E-state index in [-0.39, 0.29) is 30.9 Å². The minimum Gasteiger partial charge on any atom is -0.465 e. The van der Waals surface area contributed by atoms with E-state index in [0.29, 0.717) is 12.1 Å². The zero-order valence-corrected chi connectivity index (χ0v) is 17.1. The fourth-order valence-corrected chi connectivity index (χ4v) is 3.54. The zero-order valence-electron chi connectivity index (χ0n) is 17.1. The molecule has 0 fully saturated rings. The fraction of sp³-hybridized carbons (Fsp3) is 0.217. The highest BCUT2D eigenvalue weighted by Crippen LogP contribution is 2.13. The third-order valence-electron chi connectivity index (χ3n) is 4.99. The molecular formula is C23H22N4O4. The Hall–Kier alpha value is -3.94. The summed E-state index contributed by atoms with van der Waals surface area (Å²) in [6, 6.07) is 18.7. The molecule has 0 bridgehead atoms. The molecule has 0 saturated heterocycles. The Bertz CT molecular complexity index is 1320. The second kappa shape index (κ2) is 8.83. The monoisotopic (exact) mass is 418 g/mol. The summed E-state index contributed by atoms with van der Waals surface area (Å²) in [5.74, 6) is -0.477. The summed E-state index contributed by atoms with van der Waals surface area (Å²) in [5.41, 5.74) is 1.05. The summed E-state index contributed by atoms with van der Waals surface area (Å²) < 4.78 is 9.06. The van der Waals surface area contributed by atoms with Crippen LogP contribution in [0.4, 0.5) is 0 Å². The maximum Gasteiger partial charge on any atom is 0.337 e. The molecule has 0 saturated carbocycles. The Labute approximate surface area is 178 Å². The zero-order chi connectivity index (χ0) is 21.8. The Morgan fingerprint density at radius 2 is 1.68 bits per heavy atom. The van der Waals surface area contributed by atoms with E-state index in [1.54, 1.807) is 19.1 Å². The molecule has 0 spiro atoms. The largest absolute Gasteiger partial charge is 0.465 e. The molecule has 4 aromatic rings. The van der Waals surface area contributed by atoms with E-state index in [4.69, 9.17) is 4.74 Å². The molecule has 2 aromatic carbocycles. The van der Waals surface area contributed by atoms with Gasteiger partial charge >= 0.3 is 11.7 Å². The number of benzene rings is 2. The predicted octanol–water partition coefficient (Wildman–Crippen LogP) is 2.15. The van der Waals surface area contributed by atoms with Crippen LogP contribution >= 0.6 is 0 Å². The van der Waals surface area contributed by atoms with Crippen molar-refractivity contribution in [2.24, 2.45) is 0 Å². The first-order valence-corrected chi connectivity index (χ1v) is 10.1. The summed E-state index contributed by atoms with van der Waals surface area (Å²) in [5, 5.41) is 0. The molecule has 0 amide bonds. The number of nitrogens with zero attached hydrogens (tertiary/aromatic N) is 4. The maximum atomic E-state index is 13.3. The molecule has 0 atom stereocenters. The van der Waals surface area contributed by atoms with Gasteiger partial charge in [-0.05, 0) is 31.0 Å². The number of para-hydroxylation sites is 1. The minimum atomic E-state index is -0.482. The van der Waals surface area contributed by atoms with Crippen molar-refractivity contribution >= 4 is 17.1 Å². The number of fused-ring (bicyclic) bond motifs is 1. The van der Waals surface area contributed by atoms with E-state index < -0.39 is 17.2 Å². The van der Waals surface area contributed by atoms with Gasteiger partial charge in [0.1, 0.15) is 6.54 Å². The molecule has 0 aliphatic heterocycles. The van der Waals surface area contributed by atoms with Gasteiger partial charge in [0, 0.05) is 6.54 Å².